The van der Waals surface area contributed by atoms with Gasteiger partial charge in [-0.3, -0.25) is 9.59 Å². The molecule has 0 atom stereocenters. The topological polar surface area (TPSA) is 78.4 Å². The fraction of sp³-hybridized carbons (Fsp3) is 0.200. The molecule has 16 heavy (non-hydrogen) atoms. The largest absolute Gasteiger partial charge is 0.504 e. The SMILES string of the molecule is CC(=O)Nc1cc(Cl)cc(NC(C)=O)c1O. The molecule has 0 aliphatic rings. The average molecular weight is 243 g/mol. The molecule has 0 bridgehead atoms. The number of halogens is 1. The van der Waals surface area contributed by atoms with E-state index >= 15 is 0 Å². The number of phenolic OH excluding ortho intramolecular Hbond substituents is 1. The molecule has 0 aliphatic heterocycles. The summed E-state index contributed by atoms with van der Waals surface area (Å²) >= 11 is 5.78. The highest BCUT2D eigenvalue weighted by atomic mass is 35.5. The summed E-state index contributed by atoms with van der Waals surface area (Å²) in [6.07, 6.45) is 0. The predicted octanol–water partition coefficient (Wildman–Crippen LogP) is 1.96. The second-order valence-corrected chi connectivity index (χ2v) is 3.65. The molecule has 0 aromatic heterocycles. The van der Waals surface area contributed by atoms with Crippen molar-refractivity contribution < 1.29 is 14.7 Å². The molecule has 1 aromatic rings. The first-order valence-electron chi connectivity index (χ1n) is 4.48. The van der Waals surface area contributed by atoms with Gasteiger partial charge in [-0.05, 0) is 12.1 Å². The Kier molecular flexibility index (Phi) is 3.73. The van der Waals surface area contributed by atoms with E-state index in [1.165, 1.54) is 26.0 Å². The van der Waals surface area contributed by atoms with E-state index in [1.54, 1.807) is 0 Å². The Morgan fingerprint density at radius 2 is 1.50 bits per heavy atom. The first kappa shape index (κ1) is 12.3. The van der Waals surface area contributed by atoms with Gasteiger partial charge >= 0.3 is 0 Å². The molecule has 0 radical (unpaired) electrons. The highest BCUT2D eigenvalue weighted by Gasteiger charge is 2.11. The van der Waals surface area contributed by atoms with Crippen LogP contribution in [0, 0.1) is 0 Å². The van der Waals surface area contributed by atoms with E-state index in [1.807, 2.05) is 0 Å². The second kappa shape index (κ2) is 4.85. The van der Waals surface area contributed by atoms with E-state index in [-0.39, 0.29) is 28.9 Å². The van der Waals surface area contributed by atoms with Gasteiger partial charge in [0.1, 0.15) is 0 Å². The lowest BCUT2D eigenvalue weighted by atomic mass is 10.2. The normalized spacial score (nSPS) is 9.69. The average Bonchev–Trinajstić information content (AvgIpc) is 2.11. The van der Waals surface area contributed by atoms with Gasteiger partial charge in [0.25, 0.3) is 0 Å². The van der Waals surface area contributed by atoms with E-state index < -0.39 is 0 Å². The number of phenols is 1. The minimum absolute atomic E-state index is 0.156. The van der Waals surface area contributed by atoms with E-state index in [0.29, 0.717) is 5.02 Å². The fourth-order valence-electron chi connectivity index (χ4n) is 1.17. The van der Waals surface area contributed by atoms with Crippen LogP contribution in [-0.4, -0.2) is 16.9 Å². The van der Waals surface area contributed by atoms with Crippen LogP contribution in [0.25, 0.3) is 0 Å². The summed E-state index contributed by atoms with van der Waals surface area (Å²) in [5.74, 6) is -0.910. The van der Waals surface area contributed by atoms with Crippen LogP contribution in [0.2, 0.25) is 5.02 Å². The van der Waals surface area contributed by atoms with Crippen molar-refractivity contribution in [1.82, 2.24) is 0 Å². The maximum absolute atomic E-state index is 10.9. The molecular weight excluding hydrogens is 232 g/mol. The molecule has 0 unspecified atom stereocenters. The predicted molar refractivity (Wildman–Crippen MR) is 61.7 cm³/mol. The summed E-state index contributed by atoms with van der Waals surface area (Å²) in [4.78, 5) is 21.7. The summed E-state index contributed by atoms with van der Waals surface area (Å²) < 4.78 is 0. The van der Waals surface area contributed by atoms with Crippen LogP contribution >= 0.6 is 11.6 Å². The molecule has 5 nitrogen and oxygen atoms in total. The summed E-state index contributed by atoms with van der Waals surface area (Å²) in [6.45, 7) is 2.61. The van der Waals surface area contributed by atoms with Gasteiger partial charge in [0.05, 0.1) is 11.4 Å². The van der Waals surface area contributed by atoms with Crippen molar-refractivity contribution in [2.75, 3.05) is 10.6 Å². The molecule has 0 saturated heterocycles. The Morgan fingerprint density at radius 3 is 1.81 bits per heavy atom. The monoisotopic (exact) mass is 242 g/mol. The van der Waals surface area contributed by atoms with Crippen molar-refractivity contribution in [2.45, 2.75) is 13.8 Å². The molecular formula is C10H11ClN2O3. The van der Waals surface area contributed by atoms with Crippen LogP contribution in [0.1, 0.15) is 13.8 Å². The van der Waals surface area contributed by atoms with Crippen LogP contribution in [0.3, 0.4) is 0 Å². The Labute approximate surface area is 97.4 Å². The smallest absolute Gasteiger partial charge is 0.221 e. The third-order valence-electron chi connectivity index (χ3n) is 1.70. The molecule has 0 aliphatic carbocycles. The summed E-state index contributed by atoms with van der Waals surface area (Å²) in [7, 11) is 0. The zero-order valence-corrected chi connectivity index (χ0v) is 9.55. The highest BCUT2D eigenvalue weighted by Crippen LogP contribution is 2.35. The molecule has 1 rings (SSSR count). The number of hydrogen-bond acceptors (Lipinski definition) is 3. The minimum atomic E-state index is -0.341. The molecule has 0 spiro atoms. The Morgan fingerprint density at radius 1 is 1.12 bits per heavy atom. The highest BCUT2D eigenvalue weighted by molar-refractivity contribution is 6.31. The zero-order valence-electron chi connectivity index (χ0n) is 8.80. The van der Waals surface area contributed by atoms with Crippen molar-refractivity contribution in [2.24, 2.45) is 0 Å². The molecule has 0 fully saturated rings. The molecule has 3 N–H and O–H groups in total. The number of benzene rings is 1. The maximum Gasteiger partial charge on any atom is 0.221 e. The van der Waals surface area contributed by atoms with Crippen LogP contribution < -0.4 is 10.6 Å². The lowest BCUT2D eigenvalue weighted by Crippen LogP contribution is -2.09. The molecule has 0 heterocycles. The molecule has 86 valence electrons. The third-order valence-corrected chi connectivity index (χ3v) is 1.91. The number of carbonyl (C=O) groups is 2. The Balaban J connectivity index is 3.14. The van der Waals surface area contributed by atoms with Gasteiger partial charge in [-0.15, -0.1) is 0 Å². The van der Waals surface area contributed by atoms with Gasteiger partial charge in [-0.2, -0.15) is 0 Å². The summed E-state index contributed by atoms with van der Waals surface area (Å²) in [5, 5.41) is 14.8. The van der Waals surface area contributed by atoms with E-state index in [2.05, 4.69) is 10.6 Å². The molecule has 2 amide bonds. The zero-order chi connectivity index (χ0) is 12.3. The van der Waals surface area contributed by atoms with Crippen molar-refractivity contribution in [3.05, 3.63) is 17.2 Å². The molecule has 6 heteroatoms. The quantitative estimate of drug-likeness (QED) is 0.694. The minimum Gasteiger partial charge on any atom is -0.504 e. The number of amides is 2. The van der Waals surface area contributed by atoms with E-state index in [0.717, 1.165) is 0 Å². The lowest BCUT2D eigenvalue weighted by Gasteiger charge is -2.11. The number of nitrogens with one attached hydrogen (secondary N) is 2. The van der Waals surface area contributed by atoms with Crippen LogP contribution in [-0.2, 0) is 9.59 Å². The second-order valence-electron chi connectivity index (χ2n) is 3.21. The standard InChI is InChI=1S/C10H11ClN2O3/c1-5(14)12-8-3-7(11)4-9(10(8)16)13-6(2)15/h3-4,16H,1-2H3,(H,12,14)(H,13,15). The van der Waals surface area contributed by atoms with Crippen molar-refractivity contribution in [1.29, 1.82) is 0 Å². The Bertz CT molecular complexity index is 409. The van der Waals surface area contributed by atoms with Gasteiger partial charge in [-0.1, -0.05) is 11.6 Å². The number of carbonyl (C=O) groups excluding carboxylic acids is 2. The van der Waals surface area contributed by atoms with Crippen molar-refractivity contribution >= 4 is 34.8 Å². The van der Waals surface area contributed by atoms with E-state index in [4.69, 9.17) is 11.6 Å². The number of rotatable bonds is 2. The van der Waals surface area contributed by atoms with Crippen molar-refractivity contribution in [3.8, 4) is 5.75 Å². The molecule has 1 aromatic carbocycles. The lowest BCUT2D eigenvalue weighted by molar-refractivity contribution is -0.115. The number of anilines is 2. The van der Waals surface area contributed by atoms with Gasteiger partial charge in [0.2, 0.25) is 11.8 Å². The van der Waals surface area contributed by atoms with Crippen LogP contribution in [0.15, 0.2) is 12.1 Å². The molecule has 0 saturated carbocycles. The fourth-order valence-corrected chi connectivity index (χ4v) is 1.39. The van der Waals surface area contributed by atoms with Gasteiger partial charge in [0.15, 0.2) is 5.75 Å². The third kappa shape index (κ3) is 3.13. The Hall–Kier alpha value is -1.75. The summed E-state index contributed by atoms with van der Waals surface area (Å²) in [5.41, 5.74) is 0.313. The van der Waals surface area contributed by atoms with Crippen LogP contribution in [0.4, 0.5) is 11.4 Å². The van der Waals surface area contributed by atoms with E-state index in [9.17, 15) is 14.7 Å². The number of hydrogen-bond donors (Lipinski definition) is 3. The van der Waals surface area contributed by atoms with Gasteiger partial charge in [-0.25, -0.2) is 0 Å². The summed E-state index contributed by atoms with van der Waals surface area (Å²) in [6, 6.07) is 2.78. The first-order valence-corrected chi connectivity index (χ1v) is 4.85. The van der Waals surface area contributed by atoms with Crippen LogP contribution in [0.5, 0.6) is 5.75 Å². The van der Waals surface area contributed by atoms with Gasteiger partial charge < -0.3 is 15.7 Å². The van der Waals surface area contributed by atoms with Gasteiger partial charge in [0, 0.05) is 18.9 Å². The first-order chi connectivity index (χ1) is 7.40. The number of aromatic hydroxyl groups is 1. The maximum atomic E-state index is 10.9. The van der Waals surface area contributed by atoms with Crippen molar-refractivity contribution in [3.63, 3.8) is 0 Å².